The molecule has 2 atom stereocenters. The quantitative estimate of drug-likeness (QED) is 0.828. The standard InChI is InChI=1S/C21H31N5O/c1-15-21(16(2)27-23-15)14-24-7-4-8-26-20(13-24)10-18(22-26)12-25-11-17-5-3-6-19(25)9-17/h10,17,19H,3-9,11-14H2,1-2H3/t17-,19+/m1/s1. The van der Waals surface area contributed by atoms with Gasteiger partial charge in [0.05, 0.1) is 17.1 Å². The highest BCUT2D eigenvalue weighted by atomic mass is 16.5. The Morgan fingerprint density at radius 2 is 2.07 bits per heavy atom. The van der Waals surface area contributed by atoms with Crippen molar-refractivity contribution in [3.63, 3.8) is 0 Å². The third-order valence-electron chi connectivity index (χ3n) is 6.84. The van der Waals surface area contributed by atoms with Gasteiger partial charge in [0.2, 0.25) is 0 Å². The Labute approximate surface area is 161 Å². The molecule has 2 aromatic rings. The molecule has 1 aliphatic carbocycles. The minimum absolute atomic E-state index is 0.807. The molecule has 146 valence electrons. The van der Waals surface area contributed by atoms with Gasteiger partial charge in [0.15, 0.2) is 0 Å². The molecule has 27 heavy (non-hydrogen) atoms. The lowest BCUT2D eigenvalue weighted by molar-refractivity contribution is 0.233. The number of rotatable bonds is 4. The number of aryl methyl sites for hydroxylation is 3. The zero-order valence-electron chi connectivity index (χ0n) is 16.7. The Morgan fingerprint density at radius 1 is 1.15 bits per heavy atom. The fourth-order valence-corrected chi connectivity index (χ4v) is 5.39. The molecule has 4 heterocycles. The van der Waals surface area contributed by atoms with Crippen molar-refractivity contribution in [2.45, 2.75) is 78.2 Å². The van der Waals surface area contributed by atoms with Crippen molar-refractivity contribution >= 4 is 0 Å². The first kappa shape index (κ1) is 17.4. The summed E-state index contributed by atoms with van der Waals surface area (Å²) < 4.78 is 7.61. The summed E-state index contributed by atoms with van der Waals surface area (Å²) in [6.45, 7) is 10.4. The van der Waals surface area contributed by atoms with Crippen LogP contribution in [0.5, 0.6) is 0 Å². The number of nitrogens with zero attached hydrogens (tertiary/aromatic N) is 5. The normalized spacial score (nSPS) is 26.3. The predicted octanol–water partition coefficient (Wildman–Crippen LogP) is 3.27. The first-order valence-corrected chi connectivity index (χ1v) is 10.6. The lowest BCUT2D eigenvalue weighted by atomic mass is 9.90. The summed E-state index contributed by atoms with van der Waals surface area (Å²) in [5, 5.41) is 9.08. The minimum atomic E-state index is 0.807. The second-order valence-corrected chi connectivity index (χ2v) is 8.83. The predicted molar refractivity (Wildman–Crippen MR) is 103 cm³/mol. The summed E-state index contributed by atoms with van der Waals surface area (Å²) in [4.78, 5) is 5.21. The van der Waals surface area contributed by atoms with E-state index in [9.17, 15) is 0 Å². The van der Waals surface area contributed by atoms with Crippen molar-refractivity contribution in [3.8, 4) is 0 Å². The highest BCUT2D eigenvalue weighted by Crippen LogP contribution is 2.36. The Morgan fingerprint density at radius 3 is 2.89 bits per heavy atom. The topological polar surface area (TPSA) is 50.3 Å². The van der Waals surface area contributed by atoms with Gasteiger partial charge in [0.1, 0.15) is 5.76 Å². The average molecular weight is 370 g/mol. The molecule has 2 aliphatic heterocycles. The molecule has 1 saturated carbocycles. The van der Waals surface area contributed by atoms with Crippen LogP contribution in [-0.2, 0) is 26.2 Å². The van der Waals surface area contributed by atoms with Gasteiger partial charge in [-0.05, 0) is 51.5 Å². The van der Waals surface area contributed by atoms with Crippen molar-refractivity contribution in [1.29, 1.82) is 0 Å². The molecule has 2 aromatic heterocycles. The van der Waals surface area contributed by atoms with Gasteiger partial charge in [0, 0.05) is 50.9 Å². The fourth-order valence-electron chi connectivity index (χ4n) is 5.39. The van der Waals surface area contributed by atoms with Gasteiger partial charge in [0.25, 0.3) is 0 Å². The Bertz CT molecular complexity index is 790. The highest BCUT2D eigenvalue weighted by Gasteiger charge is 2.35. The first-order valence-electron chi connectivity index (χ1n) is 10.6. The monoisotopic (exact) mass is 369 g/mol. The molecular formula is C21H31N5O. The zero-order chi connectivity index (χ0) is 18.4. The summed E-state index contributed by atoms with van der Waals surface area (Å²) >= 11 is 0. The van der Waals surface area contributed by atoms with E-state index in [1.165, 1.54) is 49.2 Å². The van der Waals surface area contributed by atoms with Crippen molar-refractivity contribution in [2.75, 3.05) is 13.1 Å². The second-order valence-electron chi connectivity index (χ2n) is 8.83. The maximum atomic E-state index is 5.35. The summed E-state index contributed by atoms with van der Waals surface area (Å²) in [7, 11) is 0. The number of hydrogen-bond donors (Lipinski definition) is 0. The van der Waals surface area contributed by atoms with Crippen LogP contribution in [0.1, 0.15) is 60.5 Å². The van der Waals surface area contributed by atoms with Gasteiger partial charge < -0.3 is 4.52 Å². The van der Waals surface area contributed by atoms with E-state index in [-0.39, 0.29) is 0 Å². The van der Waals surface area contributed by atoms with E-state index in [2.05, 4.69) is 25.7 Å². The van der Waals surface area contributed by atoms with Gasteiger partial charge in [-0.3, -0.25) is 14.5 Å². The van der Waals surface area contributed by atoms with E-state index >= 15 is 0 Å². The Balaban J connectivity index is 1.28. The molecule has 6 nitrogen and oxygen atoms in total. The van der Waals surface area contributed by atoms with E-state index in [1.807, 2.05) is 13.8 Å². The van der Waals surface area contributed by atoms with Gasteiger partial charge in [-0.15, -0.1) is 0 Å². The molecule has 0 aromatic carbocycles. The van der Waals surface area contributed by atoms with Crippen LogP contribution >= 0.6 is 0 Å². The third-order valence-corrected chi connectivity index (χ3v) is 6.84. The van der Waals surface area contributed by atoms with E-state index in [0.29, 0.717) is 0 Å². The molecule has 0 N–H and O–H groups in total. The van der Waals surface area contributed by atoms with Crippen molar-refractivity contribution in [3.05, 3.63) is 34.5 Å². The minimum Gasteiger partial charge on any atom is -0.361 e. The number of likely N-dealkylation sites (tertiary alicyclic amines) is 1. The molecule has 5 rings (SSSR count). The lowest BCUT2D eigenvalue weighted by Gasteiger charge is -2.23. The third kappa shape index (κ3) is 3.45. The molecule has 2 fully saturated rings. The second kappa shape index (κ2) is 7.06. The molecular weight excluding hydrogens is 338 g/mol. The van der Waals surface area contributed by atoms with E-state index in [1.54, 1.807) is 0 Å². The molecule has 0 spiro atoms. The van der Waals surface area contributed by atoms with Crippen LogP contribution in [0.3, 0.4) is 0 Å². The van der Waals surface area contributed by atoms with Crippen molar-refractivity contribution in [2.24, 2.45) is 5.92 Å². The molecule has 1 saturated heterocycles. The summed E-state index contributed by atoms with van der Waals surface area (Å²) in [6.07, 6.45) is 6.80. The first-order chi connectivity index (χ1) is 13.2. The van der Waals surface area contributed by atoms with Gasteiger partial charge in [-0.25, -0.2) is 0 Å². The van der Waals surface area contributed by atoms with E-state index < -0.39 is 0 Å². The van der Waals surface area contributed by atoms with Crippen molar-refractivity contribution < 1.29 is 4.52 Å². The molecule has 3 aliphatic rings. The molecule has 0 amide bonds. The van der Waals surface area contributed by atoms with Gasteiger partial charge in [-0.1, -0.05) is 11.6 Å². The SMILES string of the molecule is Cc1noc(C)c1CN1CCCn2nc(CN3C[C@@H]4CCC[C@H]3C4)cc2C1. The highest BCUT2D eigenvalue weighted by molar-refractivity contribution is 5.21. The molecule has 6 heteroatoms. The zero-order valence-corrected chi connectivity index (χ0v) is 16.7. The molecule has 0 unspecified atom stereocenters. The smallest absolute Gasteiger partial charge is 0.138 e. The van der Waals surface area contributed by atoms with Crippen LogP contribution in [0.2, 0.25) is 0 Å². The van der Waals surface area contributed by atoms with Crippen LogP contribution in [0.25, 0.3) is 0 Å². The fraction of sp³-hybridized carbons (Fsp3) is 0.714. The summed E-state index contributed by atoms with van der Waals surface area (Å²) in [5.41, 5.74) is 4.88. The number of hydrogen-bond acceptors (Lipinski definition) is 5. The van der Waals surface area contributed by atoms with Crippen LogP contribution in [0.4, 0.5) is 0 Å². The van der Waals surface area contributed by atoms with E-state index in [4.69, 9.17) is 9.62 Å². The van der Waals surface area contributed by atoms with Gasteiger partial charge >= 0.3 is 0 Å². The Kier molecular flexibility index (Phi) is 4.56. The largest absolute Gasteiger partial charge is 0.361 e. The van der Waals surface area contributed by atoms with Gasteiger partial charge in [-0.2, -0.15) is 5.10 Å². The van der Waals surface area contributed by atoms with Crippen LogP contribution in [0.15, 0.2) is 10.6 Å². The lowest BCUT2D eigenvalue weighted by Crippen LogP contribution is -2.28. The summed E-state index contributed by atoms with van der Waals surface area (Å²) in [6, 6.07) is 3.16. The maximum absolute atomic E-state index is 5.35. The van der Waals surface area contributed by atoms with Crippen molar-refractivity contribution in [1.82, 2.24) is 24.7 Å². The van der Waals surface area contributed by atoms with Crippen LogP contribution in [0, 0.1) is 19.8 Å². The van der Waals surface area contributed by atoms with E-state index in [0.717, 1.165) is 62.6 Å². The summed E-state index contributed by atoms with van der Waals surface area (Å²) in [5.74, 6) is 1.89. The average Bonchev–Trinajstić information content (AvgIpc) is 3.22. The Hall–Kier alpha value is -1.66. The molecule has 0 radical (unpaired) electrons. The number of aromatic nitrogens is 3. The maximum Gasteiger partial charge on any atom is 0.138 e. The van der Waals surface area contributed by atoms with Crippen LogP contribution in [-0.4, -0.2) is 43.9 Å². The molecule has 2 bridgehead atoms. The van der Waals surface area contributed by atoms with Crippen LogP contribution < -0.4 is 0 Å². The number of fused-ring (bicyclic) bond motifs is 3.